The van der Waals surface area contributed by atoms with Crippen molar-refractivity contribution in [3.8, 4) is 5.69 Å². The molecule has 7 heteroatoms. The van der Waals surface area contributed by atoms with Gasteiger partial charge in [0.15, 0.2) is 5.16 Å². The van der Waals surface area contributed by atoms with Crippen molar-refractivity contribution in [3.05, 3.63) is 69.8 Å². The van der Waals surface area contributed by atoms with E-state index in [9.17, 15) is 4.79 Å². The van der Waals surface area contributed by atoms with Gasteiger partial charge in [0.25, 0.3) is 5.91 Å². The Morgan fingerprint density at radius 1 is 1.07 bits per heavy atom. The number of hydrogen-bond acceptors (Lipinski definition) is 5. The minimum Gasteiger partial charge on any atom is -0.318 e. The van der Waals surface area contributed by atoms with Crippen molar-refractivity contribution in [2.75, 3.05) is 5.75 Å². The zero-order valence-corrected chi connectivity index (χ0v) is 19.1. The van der Waals surface area contributed by atoms with Crippen LogP contribution in [0.25, 0.3) is 5.69 Å². The van der Waals surface area contributed by atoms with Crippen LogP contribution in [0.1, 0.15) is 39.5 Å². The molecule has 6 nitrogen and oxygen atoms in total. The fourth-order valence-electron chi connectivity index (χ4n) is 3.44. The zero-order valence-electron chi connectivity index (χ0n) is 18.3. The molecular weight excluding hydrogens is 394 g/mol. The molecule has 0 aliphatic rings. The van der Waals surface area contributed by atoms with Crippen LogP contribution in [0.2, 0.25) is 0 Å². The number of rotatable bonds is 6. The molecule has 0 fully saturated rings. The molecule has 30 heavy (non-hydrogen) atoms. The van der Waals surface area contributed by atoms with Crippen LogP contribution in [0, 0.1) is 41.5 Å². The van der Waals surface area contributed by atoms with E-state index in [1.54, 1.807) is 6.21 Å². The molecule has 2 aromatic heterocycles. The van der Waals surface area contributed by atoms with Crippen molar-refractivity contribution in [2.24, 2.45) is 5.10 Å². The van der Waals surface area contributed by atoms with Crippen LogP contribution in [-0.4, -0.2) is 32.4 Å². The Morgan fingerprint density at radius 3 is 2.43 bits per heavy atom. The number of carbonyl (C=O) groups excluding carboxylic acids is 1. The molecule has 0 saturated heterocycles. The largest absolute Gasteiger partial charge is 0.318 e. The van der Waals surface area contributed by atoms with Gasteiger partial charge in [-0.25, -0.2) is 15.4 Å². The molecule has 0 radical (unpaired) electrons. The maximum atomic E-state index is 12.1. The first-order valence-corrected chi connectivity index (χ1v) is 10.8. The number of nitrogens with one attached hydrogen (secondary N) is 1. The number of hydrogen-bond donors (Lipinski definition) is 1. The van der Waals surface area contributed by atoms with Gasteiger partial charge in [-0.1, -0.05) is 29.5 Å². The van der Waals surface area contributed by atoms with Crippen molar-refractivity contribution in [1.82, 2.24) is 20.0 Å². The summed E-state index contributed by atoms with van der Waals surface area (Å²) in [7, 11) is 0. The first-order valence-electron chi connectivity index (χ1n) is 9.78. The second-order valence-electron chi connectivity index (χ2n) is 7.47. The molecule has 0 bridgehead atoms. The van der Waals surface area contributed by atoms with Gasteiger partial charge in [-0.15, -0.1) is 0 Å². The van der Waals surface area contributed by atoms with Gasteiger partial charge >= 0.3 is 0 Å². The molecule has 1 aromatic carbocycles. The summed E-state index contributed by atoms with van der Waals surface area (Å²) in [6, 6.07) is 10.4. The minimum atomic E-state index is -0.192. The van der Waals surface area contributed by atoms with Crippen LogP contribution in [0.15, 0.2) is 40.6 Å². The lowest BCUT2D eigenvalue weighted by Crippen LogP contribution is -2.19. The molecule has 2 heterocycles. The molecule has 1 amide bonds. The van der Waals surface area contributed by atoms with Gasteiger partial charge in [0, 0.05) is 34.0 Å². The average Bonchev–Trinajstić information content (AvgIpc) is 2.93. The molecule has 1 N–H and O–H groups in total. The number of thioether (sulfide) groups is 1. The summed E-state index contributed by atoms with van der Waals surface area (Å²) in [5, 5.41) is 4.74. The van der Waals surface area contributed by atoms with Crippen LogP contribution in [0.3, 0.4) is 0 Å². The Labute approximate surface area is 181 Å². The van der Waals surface area contributed by atoms with Gasteiger partial charge in [0.2, 0.25) is 0 Å². The quantitative estimate of drug-likeness (QED) is 0.278. The topological polar surface area (TPSA) is 72.2 Å². The van der Waals surface area contributed by atoms with Crippen LogP contribution < -0.4 is 5.43 Å². The van der Waals surface area contributed by atoms with E-state index < -0.39 is 0 Å². The zero-order chi connectivity index (χ0) is 21.8. The number of aromatic nitrogens is 3. The molecule has 0 unspecified atom stereocenters. The van der Waals surface area contributed by atoms with Crippen LogP contribution >= 0.6 is 11.8 Å². The van der Waals surface area contributed by atoms with E-state index in [-0.39, 0.29) is 11.7 Å². The second-order valence-corrected chi connectivity index (χ2v) is 8.41. The van der Waals surface area contributed by atoms with Gasteiger partial charge in [-0.2, -0.15) is 5.10 Å². The molecule has 156 valence electrons. The van der Waals surface area contributed by atoms with Gasteiger partial charge < -0.3 is 4.57 Å². The van der Waals surface area contributed by atoms with Crippen molar-refractivity contribution in [3.63, 3.8) is 0 Å². The molecule has 0 atom stereocenters. The lowest BCUT2D eigenvalue weighted by molar-refractivity contribution is -0.118. The monoisotopic (exact) mass is 421 g/mol. The van der Waals surface area contributed by atoms with Crippen molar-refractivity contribution < 1.29 is 4.79 Å². The Morgan fingerprint density at radius 2 is 1.77 bits per heavy atom. The maximum absolute atomic E-state index is 12.1. The number of nitrogens with zero attached hydrogens (tertiary/aromatic N) is 4. The van der Waals surface area contributed by atoms with Crippen molar-refractivity contribution >= 4 is 23.9 Å². The summed E-state index contributed by atoms with van der Waals surface area (Å²) >= 11 is 1.30. The van der Waals surface area contributed by atoms with Gasteiger partial charge in [-0.05, 0) is 65.3 Å². The molecule has 3 aromatic rings. The van der Waals surface area contributed by atoms with Crippen LogP contribution in [0.5, 0.6) is 0 Å². The predicted molar refractivity (Wildman–Crippen MR) is 123 cm³/mol. The summed E-state index contributed by atoms with van der Waals surface area (Å²) in [5.41, 5.74) is 11.2. The summed E-state index contributed by atoms with van der Waals surface area (Å²) in [5.74, 6) is 0.0177. The van der Waals surface area contributed by atoms with E-state index in [4.69, 9.17) is 0 Å². The highest BCUT2D eigenvalue weighted by molar-refractivity contribution is 7.99. The van der Waals surface area contributed by atoms with Gasteiger partial charge in [0.1, 0.15) is 0 Å². The van der Waals surface area contributed by atoms with E-state index in [0.29, 0.717) is 5.16 Å². The third kappa shape index (κ3) is 5.16. The third-order valence-electron chi connectivity index (χ3n) is 4.75. The molecular formula is C23H27N5OS. The third-order valence-corrected chi connectivity index (χ3v) is 5.60. The first-order chi connectivity index (χ1) is 14.2. The summed E-state index contributed by atoms with van der Waals surface area (Å²) in [4.78, 5) is 20.8. The normalized spacial score (nSPS) is 11.3. The number of hydrazone groups is 1. The number of aryl methyl sites for hydroxylation is 5. The lowest BCUT2D eigenvalue weighted by Gasteiger charge is -2.13. The molecule has 3 rings (SSSR count). The highest BCUT2D eigenvalue weighted by atomic mass is 32.2. The van der Waals surface area contributed by atoms with E-state index in [0.717, 1.165) is 34.0 Å². The highest BCUT2D eigenvalue weighted by Crippen LogP contribution is 2.23. The average molecular weight is 422 g/mol. The lowest BCUT2D eigenvalue weighted by atomic mass is 10.1. The maximum Gasteiger partial charge on any atom is 0.250 e. The fourth-order valence-corrected chi connectivity index (χ4v) is 4.18. The van der Waals surface area contributed by atoms with E-state index in [1.807, 2.05) is 19.9 Å². The first kappa shape index (κ1) is 21.8. The minimum absolute atomic E-state index is 0.192. The standard InChI is InChI=1S/C23H27N5OS/c1-14-7-8-21(15(2)9-14)28-18(5)11-20(19(28)6)12-24-27-22(29)13-30-23-25-16(3)10-17(4)26-23/h7-12H,13H2,1-6H3,(H,27,29)/b24-12+. The smallest absolute Gasteiger partial charge is 0.250 e. The molecule has 0 saturated carbocycles. The van der Waals surface area contributed by atoms with Crippen LogP contribution in [0.4, 0.5) is 0 Å². The van der Waals surface area contributed by atoms with Crippen molar-refractivity contribution in [1.29, 1.82) is 0 Å². The molecule has 0 aliphatic heterocycles. The number of benzene rings is 1. The predicted octanol–water partition coefficient (Wildman–Crippen LogP) is 4.36. The summed E-state index contributed by atoms with van der Waals surface area (Å²) in [6.07, 6.45) is 1.69. The van der Waals surface area contributed by atoms with Gasteiger partial charge in [-0.3, -0.25) is 4.79 Å². The van der Waals surface area contributed by atoms with E-state index in [2.05, 4.69) is 77.0 Å². The summed E-state index contributed by atoms with van der Waals surface area (Å²) < 4.78 is 2.21. The van der Waals surface area contributed by atoms with Gasteiger partial charge in [0.05, 0.1) is 12.0 Å². The van der Waals surface area contributed by atoms with Crippen LogP contribution in [-0.2, 0) is 4.79 Å². The molecule has 0 spiro atoms. The molecule has 0 aliphatic carbocycles. The Balaban J connectivity index is 1.65. The Kier molecular flexibility index (Phi) is 6.72. The Bertz CT molecular complexity index is 1100. The second kappa shape index (κ2) is 9.26. The fraction of sp³-hybridized carbons (Fsp3) is 0.304. The highest BCUT2D eigenvalue weighted by Gasteiger charge is 2.11. The van der Waals surface area contributed by atoms with E-state index in [1.165, 1.54) is 22.9 Å². The SMILES string of the molecule is Cc1ccc(-n2c(C)cc(/C=N/NC(=O)CSc3nc(C)cc(C)n3)c2C)c(C)c1. The number of amides is 1. The van der Waals surface area contributed by atoms with Crippen molar-refractivity contribution in [2.45, 2.75) is 46.7 Å². The number of carbonyl (C=O) groups is 1. The summed E-state index contributed by atoms with van der Waals surface area (Å²) in [6.45, 7) is 12.2. The Hall–Kier alpha value is -2.93. The van der Waals surface area contributed by atoms with E-state index >= 15 is 0 Å².